The van der Waals surface area contributed by atoms with E-state index in [9.17, 15) is 0 Å². The van der Waals surface area contributed by atoms with Crippen LogP contribution in [0.4, 0.5) is 5.69 Å². The third-order valence-electron chi connectivity index (χ3n) is 3.43. The molecule has 0 atom stereocenters. The first kappa shape index (κ1) is 13.2. The largest absolute Gasteiger partial charge is 0.379 e. The summed E-state index contributed by atoms with van der Waals surface area (Å²) in [6, 6.07) is 15.0. The SMILES string of the molecule is Brc1cccc(Br)c1NCc1cccc(C2CC2)c1. The molecule has 3 rings (SSSR count). The van der Waals surface area contributed by atoms with Gasteiger partial charge in [0.15, 0.2) is 0 Å². The van der Waals surface area contributed by atoms with Crippen LogP contribution in [0.2, 0.25) is 0 Å². The second kappa shape index (κ2) is 5.68. The molecule has 0 amide bonds. The summed E-state index contributed by atoms with van der Waals surface area (Å²) in [5, 5.41) is 3.49. The molecule has 0 bridgehead atoms. The summed E-state index contributed by atoms with van der Waals surface area (Å²) < 4.78 is 2.17. The lowest BCUT2D eigenvalue weighted by molar-refractivity contribution is 1.08. The van der Waals surface area contributed by atoms with Crippen molar-refractivity contribution in [3.05, 3.63) is 62.5 Å². The predicted octanol–water partition coefficient (Wildman–Crippen LogP) is 5.70. The minimum atomic E-state index is 0.815. The van der Waals surface area contributed by atoms with Gasteiger partial charge in [-0.1, -0.05) is 30.3 Å². The van der Waals surface area contributed by atoms with Crippen molar-refractivity contribution in [1.82, 2.24) is 0 Å². The van der Waals surface area contributed by atoms with Crippen LogP contribution in [-0.2, 0) is 6.54 Å². The zero-order valence-electron chi connectivity index (χ0n) is 10.5. The maximum Gasteiger partial charge on any atom is 0.0631 e. The standard InChI is InChI=1S/C16H15Br2N/c17-14-5-2-6-15(18)16(14)19-10-11-3-1-4-13(9-11)12-7-8-12/h1-6,9,12,19H,7-8,10H2. The topological polar surface area (TPSA) is 12.0 Å². The van der Waals surface area contributed by atoms with E-state index in [-0.39, 0.29) is 0 Å². The summed E-state index contributed by atoms with van der Waals surface area (Å²) >= 11 is 7.15. The van der Waals surface area contributed by atoms with Gasteiger partial charge in [0.1, 0.15) is 0 Å². The molecular weight excluding hydrogens is 366 g/mol. The smallest absolute Gasteiger partial charge is 0.0631 e. The van der Waals surface area contributed by atoms with E-state index in [1.807, 2.05) is 18.2 Å². The molecule has 1 aliphatic rings. The Labute approximate surface area is 130 Å². The lowest BCUT2D eigenvalue weighted by Crippen LogP contribution is -2.01. The van der Waals surface area contributed by atoms with E-state index >= 15 is 0 Å². The van der Waals surface area contributed by atoms with Crippen LogP contribution in [0.15, 0.2) is 51.4 Å². The maximum absolute atomic E-state index is 3.58. The Morgan fingerprint density at radius 2 is 1.68 bits per heavy atom. The fourth-order valence-corrected chi connectivity index (χ4v) is 3.51. The van der Waals surface area contributed by atoms with Crippen LogP contribution >= 0.6 is 31.9 Å². The van der Waals surface area contributed by atoms with Gasteiger partial charge < -0.3 is 5.32 Å². The van der Waals surface area contributed by atoms with Gasteiger partial charge in [0.25, 0.3) is 0 Å². The van der Waals surface area contributed by atoms with Gasteiger partial charge in [0, 0.05) is 15.5 Å². The first-order chi connectivity index (χ1) is 9.24. The highest BCUT2D eigenvalue weighted by Crippen LogP contribution is 2.40. The van der Waals surface area contributed by atoms with E-state index in [2.05, 4.69) is 61.4 Å². The van der Waals surface area contributed by atoms with Crippen LogP contribution in [-0.4, -0.2) is 0 Å². The van der Waals surface area contributed by atoms with Crippen molar-refractivity contribution in [2.75, 3.05) is 5.32 Å². The summed E-state index contributed by atoms with van der Waals surface area (Å²) in [6.45, 7) is 0.849. The number of nitrogens with one attached hydrogen (secondary N) is 1. The van der Waals surface area contributed by atoms with Gasteiger partial charge >= 0.3 is 0 Å². The van der Waals surface area contributed by atoms with E-state index in [0.717, 1.165) is 27.1 Å². The van der Waals surface area contributed by atoms with Gasteiger partial charge in [-0.2, -0.15) is 0 Å². The molecule has 2 aromatic carbocycles. The summed E-state index contributed by atoms with van der Waals surface area (Å²) in [4.78, 5) is 0. The van der Waals surface area contributed by atoms with E-state index < -0.39 is 0 Å². The molecule has 0 spiro atoms. The molecule has 0 saturated heterocycles. The average Bonchev–Trinajstić information content (AvgIpc) is 3.23. The maximum atomic E-state index is 3.58. The fraction of sp³-hybridized carbons (Fsp3) is 0.250. The van der Waals surface area contributed by atoms with Gasteiger partial charge in [-0.25, -0.2) is 0 Å². The van der Waals surface area contributed by atoms with Gasteiger partial charge in [-0.3, -0.25) is 0 Å². The molecule has 0 heterocycles. The van der Waals surface area contributed by atoms with Crippen molar-refractivity contribution >= 4 is 37.5 Å². The monoisotopic (exact) mass is 379 g/mol. The van der Waals surface area contributed by atoms with Crippen LogP contribution in [0.3, 0.4) is 0 Å². The van der Waals surface area contributed by atoms with Crippen molar-refractivity contribution in [2.45, 2.75) is 25.3 Å². The van der Waals surface area contributed by atoms with Gasteiger partial charge in [-0.15, -0.1) is 0 Å². The number of hydrogen-bond acceptors (Lipinski definition) is 1. The van der Waals surface area contributed by atoms with Crippen molar-refractivity contribution in [1.29, 1.82) is 0 Å². The van der Waals surface area contributed by atoms with Crippen molar-refractivity contribution < 1.29 is 0 Å². The van der Waals surface area contributed by atoms with Crippen molar-refractivity contribution in [3.8, 4) is 0 Å². The van der Waals surface area contributed by atoms with E-state index in [4.69, 9.17) is 0 Å². The van der Waals surface area contributed by atoms with Gasteiger partial charge in [0.05, 0.1) is 5.69 Å². The zero-order valence-corrected chi connectivity index (χ0v) is 13.7. The molecule has 1 fully saturated rings. The summed E-state index contributed by atoms with van der Waals surface area (Å²) in [5.41, 5.74) is 3.94. The Bertz CT molecular complexity index is 571. The Hall–Kier alpha value is -0.800. The highest BCUT2D eigenvalue weighted by molar-refractivity contribution is 9.11. The average molecular weight is 381 g/mol. The normalized spacial score (nSPS) is 14.4. The second-order valence-corrected chi connectivity index (χ2v) is 6.68. The number of rotatable bonds is 4. The predicted molar refractivity (Wildman–Crippen MR) is 87.6 cm³/mol. The Balaban J connectivity index is 1.73. The number of benzene rings is 2. The Morgan fingerprint density at radius 1 is 1.00 bits per heavy atom. The third-order valence-corrected chi connectivity index (χ3v) is 4.75. The van der Waals surface area contributed by atoms with E-state index in [1.54, 1.807) is 0 Å². The number of halogens is 2. The summed E-state index contributed by atoms with van der Waals surface area (Å²) in [6.07, 6.45) is 2.71. The minimum absolute atomic E-state index is 0.815. The van der Waals surface area contributed by atoms with Crippen LogP contribution in [0.1, 0.15) is 29.9 Å². The first-order valence-corrected chi connectivity index (χ1v) is 8.09. The number of anilines is 1. The van der Waals surface area contributed by atoms with E-state index in [0.29, 0.717) is 0 Å². The summed E-state index contributed by atoms with van der Waals surface area (Å²) in [7, 11) is 0. The minimum Gasteiger partial charge on any atom is -0.379 e. The molecule has 0 radical (unpaired) electrons. The highest BCUT2D eigenvalue weighted by atomic mass is 79.9. The molecule has 1 nitrogen and oxygen atoms in total. The van der Waals surface area contributed by atoms with Crippen LogP contribution in [0, 0.1) is 0 Å². The molecular formula is C16H15Br2N. The van der Waals surface area contributed by atoms with Gasteiger partial charge in [0.2, 0.25) is 0 Å². The van der Waals surface area contributed by atoms with Crippen LogP contribution < -0.4 is 5.32 Å². The molecule has 1 aliphatic carbocycles. The quantitative estimate of drug-likeness (QED) is 0.717. The van der Waals surface area contributed by atoms with Crippen molar-refractivity contribution in [3.63, 3.8) is 0 Å². The molecule has 1 N–H and O–H groups in total. The lowest BCUT2D eigenvalue weighted by atomic mass is 10.1. The third kappa shape index (κ3) is 3.21. The second-order valence-electron chi connectivity index (χ2n) is 4.97. The lowest BCUT2D eigenvalue weighted by Gasteiger charge is -2.11. The molecule has 2 aromatic rings. The molecule has 1 saturated carbocycles. The molecule has 0 aromatic heterocycles. The van der Waals surface area contributed by atoms with E-state index in [1.165, 1.54) is 24.0 Å². The summed E-state index contributed by atoms with van der Waals surface area (Å²) in [5.74, 6) is 0.815. The van der Waals surface area contributed by atoms with Gasteiger partial charge in [-0.05, 0) is 73.9 Å². The molecule has 98 valence electrons. The number of para-hydroxylation sites is 1. The molecule has 19 heavy (non-hydrogen) atoms. The van der Waals surface area contributed by atoms with Crippen molar-refractivity contribution in [2.24, 2.45) is 0 Å². The molecule has 0 aliphatic heterocycles. The zero-order chi connectivity index (χ0) is 13.2. The number of hydrogen-bond donors (Lipinski definition) is 1. The van der Waals surface area contributed by atoms with Crippen LogP contribution in [0.25, 0.3) is 0 Å². The highest BCUT2D eigenvalue weighted by Gasteiger charge is 2.23. The molecule has 0 unspecified atom stereocenters. The Kier molecular flexibility index (Phi) is 3.94. The first-order valence-electron chi connectivity index (χ1n) is 6.51. The fourth-order valence-electron chi connectivity index (χ4n) is 2.23. The Morgan fingerprint density at radius 3 is 2.37 bits per heavy atom. The van der Waals surface area contributed by atoms with Crippen LogP contribution in [0.5, 0.6) is 0 Å². The molecule has 3 heteroatoms.